The highest BCUT2D eigenvalue weighted by molar-refractivity contribution is 5.97. The Labute approximate surface area is 153 Å². The lowest BCUT2D eigenvalue weighted by atomic mass is 10.1. The molecule has 0 aliphatic carbocycles. The molecule has 0 radical (unpaired) electrons. The van der Waals surface area contributed by atoms with Crippen LogP contribution < -0.4 is 26.8 Å². The maximum absolute atomic E-state index is 12.7. The van der Waals surface area contributed by atoms with E-state index in [2.05, 4.69) is 0 Å². The Morgan fingerprint density at radius 2 is 1.26 bits per heavy atom. The molecule has 4 rings (SSSR count). The molecule has 0 saturated heterocycles. The van der Waals surface area contributed by atoms with Gasteiger partial charge in [0.1, 0.15) is 0 Å². The quantitative estimate of drug-likeness (QED) is 0.493. The van der Waals surface area contributed by atoms with E-state index in [1.807, 2.05) is 35.2 Å². The Hall–Kier alpha value is -3.35. The average Bonchev–Trinajstić information content (AvgIpc) is 3.04. The molecule has 0 atom stereocenters. The van der Waals surface area contributed by atoms with Crippen molar-refractivity contribution in [1.29, 1.82) is 0 Å². The third kappa shape index (κ3) is 2.54. The number of rotatable bonds is 4. The van der Waals surface area contributed by atoms with E-state index in [9.17, 15) is 19.2 Å². The van der Waals surface area contributed by atoms with Crippen molar-refractivity contribution < 1.29 is 4.57 Å². The highest BCUT2D eigenvalue weighted by Gasteiger charge is 2.20. The zero-order valence-corrected chi connectivity index (χ0v) is 15.0. The van der Waals surface area contributed by atoms with Crippen LogP contribution in [0.2, 0.25) is 0 Å². The first-order chi connectivity index (χ1) is 12.9. The smallest absolute Gasteiger partial charge is 0.261 e. The number of fused-ring (bicyclic) bond motifs is 2. The number of pyridine rings is 1. The van der Waals surface area contributed by atoms with Gasteiger partial charge in [-0.3, -0.25) is 28.3 Å². The molecule has 136 valence electrons. The summed E-state index contributed by atoms with van der Waals surface area (Å²) in [7, 11) is 0. The first kappa shape index (κ1) is 17.1. The molecule has 0 bridgehead atoms. The van der Waals surface area contributed by atoms with Crippen LogP contribution in [0.3, 0.4) is 0 Å². The van der Waals surface area contributed by atoms with E-state index in [-0.39, 0.29) is 34.1 Å². The van der Waals surface area contributed by atoms with Crippen LogP contribution in [0.1, 0.15) is 19.9 Å². The van der Waals surface area contributed by atoms with E-state index in [4.69, 9.17) is 0 Å². The lowest BCUT2D eigenvalue weighted by molar-refractivity contribution is -0.698. The molecule has 3 heterocycles. The van der Waals surface area contributed by atoms with Crippen molar-refractivity contribution in [3.8, 4) is 0 Å². The van der Waals surface area contributed by atoms with Gasteiger partial charge in [-0.15, -0.1) is 0 Å². The van der Waals surface area contributed by atoms with Crippen LogP contribution in [0, 0.1) is 0 Å². The van der Waals surface area contributed by atoms with Gasteiger partial charge in [0.25, 0.3) is 22.2 Å². The predicted molar refractivity (Wildman–Crippen MR) is 102 cm³/mol. The summed E-state index contributed by atoms with van der Waals surface area (Å²) in [6.07, 6.45) is 3.70. The Morgan fingerprint density at radius 1 is 0.778 bits per heavy atom. The van der Waals surface area contributed by atoms with Crippen LogP contribution in [-0.4, -0.2) is 9.13 Å². The van der Waals surface area contributed by atoms with Gasteiger partial charge in [-0.2, -0.15) is 0 Å². The molecule has 3 aromatic heterocycles. The molecule has 0 aliphatic heterocycles. The summed E-state index contributed by atoms with van der Waals surface area (Å²) in [5.74, 6) is 0. The monoisotopic (exact) mass is 364 g/mol. The topological polar surface area (TPSA) is 82.0 Å². The van der Waals surface area contributed by atoms with Gasteiger partial charge in [-0.1, -0.05) is 6.07 Å². The van der Waals surface area contributed by atoms with Crippen LogP contribution >= 0.6 is 0 Å². The molecule has 0 unspecified atom stereocenters. The summed E-state index contributed by atoms with van der Waals surface area (Å²) >= 11 is 0. The lowest BCUT2D eigenvalue weighted by Crippen LogP contribution is -2.38. The Balaban J connectivity index is 1.90. The van der Waals surface area contributed by atoms with E-state index in [0.717, 1.165) is 9.13 Å². The van der Waals surface area contributed by atoms with E-state index >= 15 is 0 Å². The number of hydrogen-bond acceptors (Lipinski definition) is 4. The number of benzene rings is 1. The Kier molecular flexibility index (Phi) is 3.87. The van der Waals surface area contributed by atoms with Crippen molar-refractivity contribution in [2.45, 2.75) is 33.0 Å². The minimum atomic E-state index is -0.433. The first-order valence-corrected chi connectivity index (χ1v) is 8.76. The molecule has 0 spiro atoms. The number of nitrogens with zero attached hydrogens (tertiary/aromatic N) is 3. The van der Waals surface area contributed by atoms with E-state index in [1.54, 1.807) is 13.8 Å². The molecule has 1 aromatic carbocycles. The zero-order chi connectivity index (χ0) is 19.3. The van der Waals surface area contributed by atoms with E-state index < -0.39 is 22.2 Å². The fraction of sp³-hybridized carbons (Fsp3) is 0.250. The second-order valence-electron chi connectivity index (χ2n) is 6.89. The molecule has 0 aliphatic rings. The second-order valence-corrected chi connectivity index (χ2v) is 6.89. The summed E-state index contributed by atoms with van der Waals surface area (Å²) < 4.78 is 4.19. The summed E-state index contributed by atoms with van der Waals surface area (Å²) in [5.41, 5.74) is -1.71. The van der Waals surface area contributed by atoms with Gasteiger partial charge in [-0.05, 0) is 26.0 Å². The molecule has 7 nitrogen and oxygen atoms in total. The largest absolute Gasteiger partial charge is 0.272 e. The van der Waals surface area contributed by atoms with E-state index in [1.165, 1.54) is 12.1 Å². The van der Waals surface area contributed by atoms with Crippen LogP contribution in [0.15, 0.2) is 61.9 Å². The predicted octanol–water partition coefficient (Wildman–Crippen LogP) is 0.481. The molecule has 0 fully saturated rings. The molecule has 0 saturated carbocycles. The van der Waals surface area contributed by atoms with Crippen molar-refractivity contribution in [1.82, 2.24) is 9.13 Å². The van der Waals surface area contributed by atoms with Gasteiger partial charge in [-0.25, -0.2) is 4.57 Å². The maximum atomic E-state index is 12.7. The maximum Gasteiger partial charge on any atom is 0.261 e. The molecule has 0 N–H and O–H groups in total. The number of hydrogen-bond donors (Lipinski definition) is 0. The lowest BCUT2D eigenvalue weighted by Gasteiger charge is -2.01. The highest BCUT2D eigenvalue weighted by atomic mass is 16.2. The normalized spacial score (nSPS) is 11.8. The summed E-state index contributed by atoms with van der Waals surface area (Å²) in [6.45, 7) is 4.17. The summed E-state index contributed by atoms with van der Waals surface area (Å²) in [5, 5.41) is 0.743. The van der Waals surface area contributed by atoms with Crippen LogP contribution in [0.25, 0.3) is 21.5 Å². The molecule has 0 amide bonds. The molecule has 4 aromatic rings. The standard InChI is InChI=1S/C20H18N3O4/c1-12(2)23-19(26)15-10-13-14(11-16(15)20(23)27)18(25)22(17(13)24)9-8-21-6-4-3-5-7-21/h3-7,10-12H,8-9H2,1-2H3/q+1. The fourth-order valence-electron chi connectivity index (χ4n) is 3.51. The van der Waals surface area contributed by atoms with Crippen molar-refractivity contribution >= 4 is 21.5 Å². The average molecular weight is 364 g/mol. The van der Waals surface area contributed by atoms with Gasteiger partial charge in [0.05, 0.1) is 28.1 Å². The fourth-order valence-corrected chi connectivity index (χ4v) is 3.51. The Morgan fingerprint density at radius 3 is 1.74 bits per heavy atom. The molecular weight excluding hydrogens is 346 g/mol. The van der Waals surface area contributed by atoms with Gasteiger partial charge < -0.3 is 0 Å². The van der Waals surface area contributed by atoms with Gasteiger partial charge in [0.15, 0.2) is 18.9 Å². The minimum Gasteiger partial charge on any atom is -0.272 e. The van der Waals surface area contributed by atoms with Crippen molar-refractivity contribution in [3.63, 3.8) is 0 Å². The third-order valence-electron chi connectivity index (χ3n) is 4.88. The SMILES string of the molecule is CC(C)n1c(=O)c2cc3c(=O)n(CC[n+]4ccccc4)c(=O)c3cc2c1=O. The third-order valence-corrected chi connectivity index (χ3v) is 4.88. The summed E-state index contributed by atoms with van der Waals surface area (Å²) in [6, 6.07) is 8.11. The Bertz CT molecular complexity index is 1290. The summed E-state index contributed by atoms with van der Waals surface area (Å²) in [4.78, 5) is 50.5. The number of aromatic nitrogens is 3. The van der Waals surface area contributed by atoms with Crippen LogP contribution in [0.4, 0.5) is 0 Å². The van der Waals surface area contributed by atoms with Crippen molar-refractivity contribution in [2.75, 3.05) is 0 Å². The first-order valence-electron chi connectivity index (χ1n) is 8.76. The molecule has 27 heavy (non-hydrogen) atoms. The van der Waals surface area contributed by atoms with Gasteiger partial charge in [0, 0.05) is 18.2 Å². The second kappa shape index (κ2) is 6.12. The van der Waals surface area contributed by atoms with Crippen LogP contribution in [-0.2, 0) is 13.1 Å². The van der Waals surface area contributed by atoms with Gasteiger partial charge in [0.2, 0.25) is 0 Å². The van der Waals surface area contributed by atoms with Gasteiger partial charge >= 0.3 is 0 Å². The molecule has 7 heteroatoms. The number of aryl methyl sites for hydroxylation is 1. The van der Waals surface area contributed by atoms with Crippen LogP contribution in [0.5, 0.6) is 0 Å². The van der Waals surface area contributed by atoms with Crippen molar-refractivity contribution in [3.05, 3.63) is 84.1 Å². The zero-order valence-electron chi connectivity index (χ0n) is 15.0. The van der Waals surface area contributed by atoms with Crippen molar-refractivity contribution in [2.24, 2.45) is 0 Å². The highest BCUT2D eigenvalue weighted by Crippen LogP contribution is 2.15. The van der Waals surface area contributed by atoms with E-state index in [0.29, 0.717) is 6.54 Å². The minimum absolute atomic E-state index is 0.184. The molecular formula is C20H18N3O4+.